The van der Waals surface area contributed by atoms with E-state index < -0.39 is 0 Å². The van der Waals surface area contributed by atoms with E-state index in [2.05, 4.69) is 57.0 Å². The Morgan fingerprint density at radius 1 is 1.24 bits per heavy atom. The van der Waals surface area contributed by atoms with Crippen molar-refractivity contribution in [2.24, 2.45) is 0 Å². The number of pyridine rings is 1. The van der Waals surface area contributed by atoms with Crippen molar-refractivity contribution in [3.63, 3.8) is 0 Å². The molecule has 3 heterocycles. The Hall–Kier alpha value is -1.17. The topological polar surface area (TPSA) is 28.6 Å². The third-order valence-corrected chi connectivity index (χ3v) is 5.03. The van der Waals surface area contributed by atoms with Crippen molar-refractivity contribution in [1.82, 2.24) is 9.88 Å². The summed E-state index contributed by atoms with van der Waals surface area (Å²) in [5.41, 5.74) is 1.04. The van der Waals surface area contributed by atoms with E-state index in [-0.39, 0.29) is 0 Å². The third kappa shape index (κ3) is 2.43. The van der Waals surface area contributed by atoms with Crippen molar-refractivity contribution in [2.75, 3.05) is 38.2 Å². The summed E-state index contributed by atoms with van der Waals surface area (Å²) in [6.07, 6.45) is 0.311. The van der Waals surface area contributed by atoms with E-state index >= 15 is 0 Å². The first kappa shape index (κ1) is 13.5. The first-order valence-corrected chi connectivity index (χ1v) is 8.13. The lowest BCUT2D eigenvalue weighted by Crippen LogP contribution is -2.48. The van der Waals surface area contributed by atoms with Gasteiger partial charge in [0.1, 0.15) is 5.82 Å². The zero-order valence-corrected chi connectivity index (χ0v) is 13.6. The van der Waals surface area contributed by atoms with E-state index in [1.54, 1.807) is 0 Å². The lowest BCUT2D eigenvalue weighted by molar-refractivity contribution is -0.0362. The number of halogens is 1. The van der Waals surface area contributed by atoms with Crippen LogP contribution < -0.4 is 4.90 Å². The van der Waals surface area contributed by atoms with Gasteiger partial charge >= 0.3 is 0 Å². The summed E-state index contributed by atoms with van der Waals surface area (Å²) in [5.74, 6) is 1.05. The van der Waals surface area contributed by atoms with Gasteiger partial charge in [0.25, 0.3) is 0 Å². The number of hydrogen-bond donors (Lipinski definition) is 0. The van der Waals surface area contributed by atoms with Crippen LogP contribution >= 0.6 is 15.9 Å². The number of hydrogen-bond acceptors (Lipinski definition) is 4. The van der Waals surface area contributed by atoms with Gasteiger partial charge in [-0.25, -0.2) is 4.98 Å². The van der Waals surface area contributed by atoms with Crippen molar-refractivity contribution in [3.8, 4) is 0 Å². The summed E-state index contributed by atoms with van der Waals surface area (Å²) in [6, 6.07) is 11.0. The van der Waals surface area contributed by atoms with Crippen molar-refractivity contribution in [3.05, 3.63) is 34.8 Å². The van der Waals surface area contributed by atoms with Gasteiger partial charge in [0.05, 0.1) is 24.3 Å². The number of likely N-dealkylation sites (N-methyl/N-ethyl adjacent to an activating group) is 1. The van der Waals surface area contributed by atoms with Crippen LogP contribution in [0.25, 0.3) is 10.9 Å². The van der Waals surface area contributed by atoms with Crippen LogP contribution in [0.2, 0.25) is 0 Å². The first-order valence-electron chi connectivity index (χ1n) is 7.34. The Morgan fingerprint density at radius 3 is 3.00 bits per heavy atom. The standard InChI is InChI=1S/C16H18BrN3O/c1-19-6-7-21-15-10-20(9-14(15)19)16-5-2-11-8-12(17)3-4-13(11)18-16/h2-5,8,14-15H,6-7,9-10H2,1H3. The van der Waals surface area contributed by atoms with Gasteiger partial charge in [0.15, 0.2) is 0 Å². The number of rotatable bonds is 1. The number of anilines is 1. The molecule has 2 unspecified atom stereocenters. The molecular formula is C16H18BrN3O. The highest BCUT2D eigenvalue weighted by molar-refractivity contribution is 9.10. The molecule has 1 aromatic carbocycles. The van der Waals surface area contributed by atoms with E-state index in [0.717, 1.165) is 47.4 Å². The zero-order chi connectivity index (χ0) is 14.4. The molecule has 2 fully saturated rings. The third-order valence-electron chi connectivity index (χ3n) is 4.54. The Labute approximate surface area is 132 Å². The number of fused-ring (bicyclic) bond motifs is 2. The van der Waals surface area contributed by atoms with Gasteiger partial charge in [-0.05, 0) is 37.4 Å². The molecule has 110 valence electrons. The van der Waals surface area contributed by atoms with Gasteiger partial charge in [0.2, 0.25) is 0 Å². The predicted octanol–water partition coefficient (Wildman–Crippen LogP) is 2.52. The van der Waals surface area contributed by atoms with E-state index in [1.165, 1.54) is 0 Å². The van der Waals surface area contributed by atoms with Gasteiger partial charge in [-0.1, -0.05) is 15.9 Å². The number of benzene rings is 1. The number of aromatic nitrogens is 1. The van der Waals surface area contributed by atoms with Crippen molar-refractivity contribution in [1.29, 1.82) is 0 Å². The SMILES string of the molecule is CN1CCOC2CN(c3ccc4cc(Br)ccc4n3)CC21. The van der Waals surface area contributed by atoms with E-state index in [9.17, 15) is 0 Å². The van der Waals surface area contributed by atoms with Gasteiger partial charge < -0.3 is 9.64 Å². The Balaban J connectivity index is 1.63. The van der Waals surface area contributed by atoms with Crippen LogP contribution in [0.15, 0.2) is 34.8 Å². The van der Waals surface area contributed by atoms with E-state index in [4.69, 9.17) is 9.72 Å². The molecule has 2 aromatic rings. The maximum atomic E-state index is 5.91. The smallest absolute Gasteiger partial charge is 0.129 e. The number of nitrogens with zero attached hydrogens (tertiary/aromatic N) is 3. The molecule has 2 aliphatic rings. The molecule has 4 rings (SSSR count). The fraction of sp³-hybridized carbons (Fsp3) is 0.438. The van der Waals surface area contributed by atoms with Crippen LogP contribution in [0, 0.1) is 0 Å². The minimum Gasteiger partial charge on any atom is -0.373 e. The number of ether oxygens (including phenoxy) is 1. The lowest BCUT2D eigenvalue weighted by atomic mass is 10.1. The summed E-state index contributed by atoms with van der Waals surface area (Å²) in [5, 5.41) is 1.16. The van der Waals surface area contributed by atoms with Crippen LogP contribution in [0.5, 0.6) is 0 Å². The van der Waals surface area contributed by atoms with Crippen molar-refractivity contribution < 1.29 is 4.74 Å². The molecule has 0 N–H and O–H groups in total. The second-order valence-corrected chi connectivity index (χ2v) is 6.78. The maximum Gasteiger partial charge on any atom is 0.129 e. The second-order valence-electron chi connectivity index (χ2n) is 5.87. The van der Waals surface area contributed by atoms with Crippen molar-refractivity contribution in [2.45, 2.75) is 12.1 Å². The van der Waals surface area contributed by atoms with Crippen LogP contribution in [-0.2, 0) is 4.74 Å². The average Bonchev–Trinajstić information content (AvgIpc) is 2.92. The van der Waals surface area contributed by atoms with E-state index in [1.807, 2.05) is 6.07 Å². The molecule has 5 heteroatoms. The van der Waals surface area contributed by atoms with Crippen LogP contribution in [0.4, 0.5) is 5.82 Å². The molecule has 2 saturated heterocycles. The Kier molecular flexibility index (Phi) is 3.36. The fourth-order valence-corrected chi connectivity index (χ4v) is 3.69. The minimum absolute atomic E-state index is 0.311. The summed E-state index contributed by atoms with van der Waals surface area (Å²) >= 11 is 3.50. The highest BCUT2D eigenvalue weighted by Crippen LogP contribution is 2.27. The quantitative estimate of drug-likeness (QED) is 0.792. The van der Waals surface area contributed by atoms with Gasteiger partial charge in [-0.3, -0.25) is 4.90 Å². The molecule has 2 aliphatic heterocycles. The highest BCUT2D eigenvalue weighted by Gasteiger charge is 2.38. The second kappa shape index (κ2) is 5.23. The van der Waals surface area contributed by atoms with Gasteiger partial charge in [-0.15, -0.1) is 0 Å². The molecule has 0 radical (unpaired) electrons. The predicted molar refractivity (Wildman–Crippen MR) is 87.8 cm³/mol. The summed E-state index contributed by atoms with van der Waals surface area (Å²) in [4.78, 5) is 9.57. The summed E-state index contributed by atoms with van der Waals surface area (Å²) < 4.78 is 7.00. The molecule has 0 spiro atoms. The molecule has 0 saturated carbocycles. The fourth-order valence-electron chi connectivity index (χ4n) is 3.31. The molecule has 2 atom stereocenters. The first-order chi connectivity index (χ1) is 10.2. The highest BCUT2D eigenvalue weighted by atomic mass is 79.9. The molecule has 21 heavy (non-hydrogen) atoms. The van der Waals surface area contributed by atoms with Crippen LogP contribution in [0.3, 0.4) is 0 Å². The Morgan fingerprint density at radius 2 is 2.14 bits per heavy atom. The van der Waals surface area contributed by atoms with E-state index in [0.29, 0.717) is 12.1 Å². The minimum atomic E-state index is 0.311. The maximum absolute atomic E-state index is 5.91. The Bertz CT molecular complexity index is 678. The average molecular weight is 348 g/mol. The number of morpholine rings is 1. The monoisotopic (exact) mass is 347 g/mol. The molecule has 0 aliphatic carbocycles. The van der Waals surface area contributed by atoms with Crippen LogP contribution in [-0.4, -0.2) is 55.3 Å². The molecule has 1 aromatic heterocycles. The normalized spacial score (nSPS) is 26.3. The summed E-state index contributed by atoms with van der Waals surface area (Å²) in [7, 11) is 2.19. The molecular weight excluding hydrogens is 330 g/mol. The largest absolute Gasteiger partial charge is 0.373 e. The lowest BCUT2D eigenvalue weighted by Gasteiger charge is -2.33. The van der Waals surface area contributed by atoms with Gasteiger partial charge in [-0.2, -0.15) is 0 Å². The molecule has 0 amide bonds. The zero-order valence-electron chi connectivity index (χ0n) is 12.0. The van der Waals surface area contributed by atoms with Gasteiger partial charge in [0, 0.05) is 29.5 Å². The van der Waals surface area contributed by atoms with Crippen LogP contribution in [0.1, 0.15) is 0 Å². The molecule has 4 nitrogen and oxygen atoms in total. The summed E-state index contributed by atoms with van der Waals surface area (Å²) in [6.45, 7) is 3.79. The molecule has 0 bridgehead atoms. The van der Waals surface area contributed by atoms with Crippen molar-refractivity contribution >= 4 is 32.7 Å².